The van der Waals surface area contributed by atoms with Crippen molar-refractivity contribution in [2.24, 2.45) is 0 Å². The minimum Gasteiger partial charge on any atom is -0.337 e. The van der Waals surface area contributed by atoms with E-state index in [4.69, 9.17) is 0 Å². The summed E-state index contributed by atoms with van der Waals surface area (Å²) in [6.07, 6.45) is 2.67. The van der Waals surface area contributed by atoms with Gasteiger partial charge in [0.2, 0.25) is 0 Å². The van der Waals surface area contributed by atoms with E-state index in [1.54, 1.807) is 0 Å². The molecule has 0 rings (SSSR count). The molecular formula is C8H19NSi. The van der Waals surface area contributed by atoms with E-state index in [0.29, 0.717) is 0 Å². The molecule has 1 nitrogen and oxygen atoms in total. The smallest absolute Gasteiger partial charge is 0.133 e. The van der Waals surface area contributed by atoms with Gasteiger partial charge in [0.05, 0.1) is 0 Å². The Kier molecular flexibility index (Phi) is 6.97. The Bertz CT molecular complexity index is 83.3. The molecule has 60 valence electrons. The van der Waals surface area contributed by atoms with Crippen molar-refractivity contribution in [3.8, 4) is 0 Å². The number of hydrogen-bond donors (Lipinski definition) is 1. The molecule has 0 amide bonds. The van der Waals surface area contributed by atoms with Crippen LogP contribution in [0.25, 0.3) is 0 Å². The molecule has 0 bridgehead atoms. The molecule has 0 aliphatic rings. The topological polar surface area (TPSA) is 12.0 Å². The Balaban J connectivity index is 3.29. The lowest BCUT2D eigenvalue weighted by Crippen LogP contribution is -2.31. The number of unbranched alkanes of at least 4 members (excludes halogenated alkanes) is 1. The fraction of sp³-hybridized carbons (Fsp3) is 0.750. The van der Waals surface area contributed by atoms with Crippen LogP contribution in [0.3, 0.4) is 0 Å². The maximum Gasteiger partial charge on any atom is 0.133 e. The minimum atomic E-state index is -0.717. The van der Waals surface area contributed by atoms with E-state index >= 15 is 0 Å². The standard InChI is InChI=1S/C8H19NSi/c1-4-7-8-10(6-3)9-5-2/h6,9-10H,3-5,7-8H2,1-2H3. The Morgan fingerprint density at radius 1 is 1.50 bits per heavy atom. The normalized spacial score (nSPS) is 13.0. The van der Waals surface area contributed by atoms with Crippen molar-refractivity contribution in [2.45, 2.75) is 32.7 Å². The van der Waals surface area contributed by atoms with E-state index in [9.17, 15) is 0 Å². The third-order valence-corrected chi connectivity index (χ3v) is 4.15. The Hall–Kier alpha value is -0.0831. The first-order valence-electron chi connectivity index (χ1n) is 4.21. The van der Waals surface area contributed by atoms with Gasteiger partial charge in [-0.05, 0) is 12.6 Å². The molecule has 1 unspecified atom stereocenters. The first kappa shape index (κ1) is 9.92. The summed E-state index contributed by atoms with van der Waals surface area (Å²) >= 11 is 0. The maximum absolute atomic E-state index is 3.83. The van der Waals surface area contributed by atoms with E-state index in [1.807, 2.05) is 0 Å². The predicted octanol–water partition coefficient (Wildman–Crippen LogP) is 1.84. The third kappa shape index (κ3) is 4.76. The highest BCUT2D eigenvalue weighted by Gasteiger charge is 2.01. The largest absolute Gasteiger partial charge is 0.337 e. The quantitative estimate of drug-likeness (QED) is 0.580. The van der Waals surface area contributed by atoms with Gasteiger partial charge in [0.25, 0.3) is 0 Å². The summed E-state index contributed by atoms with van der Waals surface area (Å²) in [7, 11) is -0.717. The lowest BCUT2D eigenvalue weighted by molar-refractivity contribution is 0.857. The van der Waals surface area contributed by atoms with Crippen molar-refractivity contribution in [3.63, 3.8) is 0 Å². The summed E-state index contributed by atoms with van der Waals surface area (Å²) in [6.45, 7) is 9.33. The molecule has 0 aromatic carbocycles. The highest BCUT2D eigenvalue weighted by molar-refractivity contribution is 6.61. The number of nitrogens with one attached hydrogen (secondary N) is 1. The first-order chi connectivity index (χ1) is 4.85. The molecule has 0 radical (unpaired) electrons. The van der Waals surface area contributed by atoms with E-state index in [0.717, 1.165) is 6.54 Å². The Labute approximate surface area is 66.2 Å². The summed E-state index contributed by atoms with van der Waals surface area (Å²) in [5.41, 5.74) is 2.14. The third-order valence-electron chi connectivity index (χ3n) is 1.62. The Morgan fingerprint density at radius 3 is 2.60 bits per heavy atom. The second kappa shape index (κ2) is 7.03. The molecule has 0 aromatic heterocycles. The second-order valence-corrected chi connectivity index (χ2v) is 5.21. The molecule has 0 spiro atoms. The molecule has 0 saturated heterocycles. The predicted molar refractivity (Wildman–Crippen MR) is 50.7 cm³/mol. The molecule has 2 heteroatoms. The molecule has 0 aliphatic carbocycles. The average Bonchev–Trinajstić information content (AvgIpc) is 1.98. The fourth-order valence-electron chi connectivity index (χ4n) is 0.989. The molecule has 1 N–H and O–H groups in total. The average molecular weight is 157 g/mol. The van der Waals surface area contributed by atoms with Crippen molar-refractivity contribution < 1.29 is 0 Å². The van der Waals surface area contributed by atoms with Crippen LogP contribution in [0.15, 0.2) is 12.3 Å². The van der Waals surface area contributed by atoms with Gasteiger partial charge in [-0.1, -0.05) is 32.4 Å². The second-order valence-electron chi connectivity index (χ2n) is 2.54. The van der Waals surface area contributed by atoms with E-state index in [2.05, 4.69) is 31.1 Å². The SMILES string of the molecule is C=C[SiH](CCCC)NCC. The molecule has 0 aromatic rings. The molecule has 0 saturated carbocycles. The van der Waals surface area contributed by atoms with Gasteiger partial charge in [-0.3, -0.25) is 0 Å². The molecule has 0 fully saturated rings. The van der Waals surface area contributed by atoms with Crippen molar-refractivity contribution in [2.75, 3.05) is 6.54 Å². The highest BCUT2D eigenvalue weighted by atomic mass is 28.3. The lowest BCUT2D eigenvalue weighted by Gasteiger charge is -2.09. The zero-order valence-corrected chi connectivity index (χ0v) is 8.34. The van der Waals surface area contributed by atoms with E-state index in [-0.39, 0.29) is 0 Å². The first-order valence-corrected chi connectivity index (χ1v) is 6.27. The summed E-state index contributed by atoms with van der Waals surface area (Å²) in [5.74, 6) is 0. The number of hydrogen-bond acceptors (Lipinski definition) is 1. The van der Waals surface area contributed by atoms with Crippen LogP contribution in [0, 0.1) is 0 Å². The van der Waals surface area contributed by atoms with Gasteiger partial charge < -0.3 is 4.98 Å². The minimum absolute atomic E-state index is 0.717. The van der Waals surface area contributed by atoms with Gasteiger partial charge in [0.1, 0.15) is 8.96 Å². The van der Waals surface area contributed by atoms with Crippen LogP contribution < -0.4 is 4.98 Å². The highest BCUT2D eigenvalue weighted by Crippen LogP contribution is 1.98. The van der Waals surface area contributed by atoms with Gasteiger partial charge in [-0.2, -0.15) is 0 Å². The van der Waals surface area contributed by atoms with Crippen molar-refractivity contribution >= 4 is 8.96 Å². The summed E-state index contributed by atoms with van der Waals surface area (Å²) in [6, 6.07) is 1.37. The van der Waals surface area contributed by atoms with Crippen LogP contribution in [-0.4, -0.2) is 15.5 Å². The van der Waals surface area contributed by atoms with Gasteiger partial charge in [-0.25, -0.2) is 0 Å². The van der Waals surface area contributed by atoms with Crippen LogP contribution in [-0.2, 0) is 0 Å². The van der Waals surface area contributed by atoms with E-state index < -0.39 is 8.96 Å². The van der Waals surface area contributed by atoms with Gasteiger partial charge in [-0.15, -0.1) is 6.58 Å². The molecule has 0 aliphatic heterocycles. The summed E-state index contributed by atoms with van der Waals surface area (Å²) in [5, 5.41) is 0. The van der Waals surface area contributed by atoms with E-state index in [1.165, 1.54) is 18.9 Å². The van der Waals surface area contributed by atoms with Crippen LogP contribution in [0.2, 0.25) is 6.04 Å². The fourth-order valence-corrected chi connectivity index (χ4v) is 2.97. The zero-order chi connectivity index (χ0) is 7.82. The molecule has 0 heterocycles. The Morgan fingerprint density at radius 2 is 2.20 bits per heavy atom. The number of rotatable bonds is 6. The van der Waals surface area contributed by atoms with Gasteiger partial charge in [0, 0.05) is 0 Å². The summed E-state index contributed by atoms with van der Waals surface area (Å²) in [4.78, 5) is 3.49. The van der Waals surface area contributed by atoms with Crippen LogP contribution >= 0.6 is 0 Å². The van der Waals surface area contributed by atoms with Crippen LogP contribution in [0.5, 0.6) is 0 Å². The molecule has 10 heavy (non-hydrogen) atoms. The summed E-state index contributed by atoms with van der Waals surface area (Å²) < 4.78 is 0. The lowest BCUT2D eigenvalue weighted by atomic mass is 10.4. The maximum atomic E-state index is 3.83. The van der Waals surface area contributed by atoms with Gasteiger partial charge >= 0.3 is 0 Å². The molecule has 1 atom stereocenters. The van der Waals surface area contributed by atoms with Crippen LogP contribution in [0.4, 0.5) is 0 Å². The zero-order valence-electron chi connectivity index (χ0n) is 7.19. The molecular weight excluding hydrogens is 138 g/mol. The van der Waals surface area contributed by atoms with Crippen LogP contribution in [0.1, 0.15) is 26.7 Å². The van der Waals surface area contributed by atoms with Crippen molar-refractivity contribution in [1.82, 2.24) is 4.98 Å². The monoisotopic (exact) mass is 157 g/mol. The van der Waals surface area contributed by atoms with Gasteiger partial charge in [0.15, 0.2) is 0 Å². The van der Waals surface area contributed by atoms with Crippen molar-refractivity contribution in [3.05, 3.63) is 12.3 Å². The van der Waals surface area contributed by atoms with Crippen molar-refractivity contribution in [1.29, 1.82) is 0 Å².